The smallest absolute Gasteiger partial charge is 0.223 e. The van der Waals surface area contributed by atoms with E-state index in [-0.39, 0.29) is 11.9 Å². The van der Waals surface area contributed by atoms with Gasteiger partial charge in [0.05, 0.1) is 24.6 Å². The highest BCUT2D eigenvalue weighted by Gasteiger charge is 2.32. The number of nitrogens with zero attached hydrogens (tertiary/aromatic N) is 7. The molecule has 1 aliphatic rings. The summed E-state index contributed by atoms with van der Waals surface area (Å²) in [6.07, 6.45) is 6.38. The third kappa shape index (κ3) is 4.00. The van der Waals surface area contributed by atoms with E-state index in [1.807, 2.05) is 40.9 Å². The third-order valence-corrected chi connectivity index (χ3v) is 5.19. The first-order valence-electron chi connectivity index (χ1n) is 8.86. The number of amides is 1. The summed E-state index contributed by atoms with van der Waals surface area (Å²) in [6, 6.07) is 6.09. The molecule has 0 spiro atoms. The maximum atomic E-state index is 12.4. The molecule has 0 unspecified atom stereocenters. The first-order valence-corrected chi connectivity index (χ1v) is 9.24. The predicted molar refractivity (Wildman–Crippen MR) is 99.3 cm³/mol. The Morgan fingerprint density at radius 3 is 2.78 bits per heavy atom. The summed E-state index contributed by atoms with van der Waals surface area (Å²) < 4.78 is 1.82. The summed E-state index contributed by atoms with van der Waals surface area (Å²) in [6.45, 7) is 3.80. The molecule has 1 aromatic carbocycles. The van der Waals surface area contributed by atoms with Gasteiger partial charge in [-0.05, 0) is 30.5 Å². The van der Waals surface area contributed by atoms with Crippen LogP contribution in [0.4, 0.5) is 0 Å². The Balaban J connectivity index is 1.26. The molecular formula is C18H20ClN7O. The van der Waals surface area contributed by atoms with Crippen LogP contribution in [0.5, 0.6) is 0 Å². The zero-order valence-corrected chi connectivity index (χ0v) is 15.7. The minimum absolute atomic E-state index is 0.167. The van der Waals surface area contributed by atoms with Crippen LogP contribution in [0, 0.1) is 6.92 Å². The van der Waals surface area contributed by atoms with Gasteiger partial charge in [-0.2, -0.15) is 15.0 Å². The Morgan fingerprint density at radius 2 is 2.04 bits per heavy atom. The lowest BCUT2D eigenvalue weighted by Gasteiger charge is -2.39. The summed E-state index contributed by atoms with van der Waals surface area (Å²) in [5, 5.41) is 17.2. The summed E-state index contributed by atoms with van der Waals surface area (Å²) in [7, 11) is 0. The molecule has 4 rings (SSSR count). The Hall–Kier alpha value is -2.74. The van der Waals surface area contributed by atoms with E-state index in [9.17, 15) is 4.79 Å². The lowest BCUT2D eigenvalue weighted by molar-refractivity contribution is -0.137. The van der Waals surface area contributed by atoms with Gasteiger partial charge in [0.1, 0.15) is 12.2 Å². The normalized spacial score (nSPS) is 14.4. The number of likely N-dealkylation sites (tertiary alicyclic amines) is 1. The fraction of sp³-hybridized carbons (Fsp3) is 0.389. The van der Waals surface area contributed by atoms with Crippen LogP contribution in [0.3, 0.4) is 0 Å². The van der Waals surface area contributed by atoms with Gasteiger partial charge in [0.25, 0.3) is 0 Å². The molecule has 1 aliphatic heterocycles. The van der Waals surface area contributed by atoms with Crippen LogP contribution in [0.2, 0.25) is 5.02 Å². The summed E-state index contributed by atoms with van der Waals surface area (Å²) in [5.41, 5.74) is 2.97. The molecule has 0 radical (unpaired) electrons. The first-order chi connectivity index (χ1) is 13.1. The van der Waals surface area contributed by atoms with E-state index in [1.54, 1.807) is 17.2 Å². The molecule has 27 heavy (non-hydrogen) atoms. The number of aromatic nitrogens is 6. The van der Waals surface area contributed by atoms with Crippen LogP contribution >= 0.6 is 11.6 Å². The highest BCUT2D eigenvalue weighted by Crippen LogP contribution is 2.22. The summed E-state index contributed by atoms with van der Waals surface area (Å²) >= 11 is 6.04. The molecule has 3 heterocycles. The number of hydrogen-bond acceptors (Lipinski definition) is 5. The van der Waals surface area contributed by atoms with E-state index in [0.29, 0.717) is 26.1 Å². The first kappa shape index (κ1) is 17.7. The van der Waals surface area contributed by atoms with Gasteiger partial charge in [0.15, 0.2) is 0 Å². The number of halogens is 1. The Kier molecular flexibility index (Phi) is 4.89. The zero-order valence-electron chi connectivity index (χ0n) is 15.0. The molecule has 0 bridgehead atoms. The van der Waals surface area contributed by atoms with E-state index in [2.05, 4.69) is 20.5 Å². The number of carbonyl (C=O) groups is 1. The average Bonchev–Trinajstić information content (AvgIpc) is 3.27. The van der Waals surface area contributed by atoms with Crippen molar-refractivity contribution in [1.82, 2.24) is 34.9 Å². The van der Waals surface area contributed by atoms with Crippen LogP contribution in [0.1, 0.15) is 29.3 Å². The summed E-state index contributed by atoms with van der Waals surface area (Å²) in [4.78, 5) is 15.8. The maximum absolute atomic E-state index is 12.4. The van der Waals surface area contributed by atoms with Crippen molar-refractivity contribution in [2.45, 2.75) is 32.4 Å². The van der Waals surface area contributed by atoms with Crippen molar-refractivity contribution >= 4 is 17.5 Å². The van der Waals surface area contributed by atoms with Crippen molar-refractivity contribution in [2.24, 2.45) is 0 Å². The highest BCUT2D eigenvalue weighted by atomic mass is 35.5. The van der Waals surface area contributed by atoms with Crippen LogP contribution in [0.25, 0.3) is 0 Å². The van der Waals surface area contributed by atoms with Crippen molar-refractivity contribution in [2.75, 3.05) is 13.1 Å². The van der Waals surface area contributed by atoms with E-state index < -0.39 is 0 Å². The average molecular weight is 386 g/mol. The van der Waals surface area contributed by atoms with Crippen molar-refractivity contribution in [3.8, 4) is 0 Å². The highest BCUT2D eigenvalue weighted by molar-refractivity contribution is 6.31. The lowest BCUT2D eigenvalue weighted by atomic mass is 10.0. The quantitative estimate of drug-likeness (QED) is 0.647. The van der Waals surface area contributed by atoms with Gasteiger partial charge < -0.3 is 4.90 Å². The van der Waals surface area contributed by atoms with Crippen LogP contribution in [-0.4, -0.2) is 53.9 Å². The fourth-order valence-electron chi connectivity index (χ4n) is 3.13. The molecular weight excluding hydrogens is 366 g/mol. The van der Waals surface area contributed by atoms with Crippen molar-refractivity contribution < 1.29 is 4.79 Å². The fourth-order valence-corrected chi connectivity index (χ4v) is 3.25. The molecule has 2 aromatic heterocycles. The predicted octanol–water partition coefficient (Wildman–Crippen LogP) is 1.90. The van der Waals surface area contributed by atoms with Crippen molar-refractivity contribution in [1.29, 1.82) is 0 Å². The Labute approximate surface area is 161 Å². The largest absolute Gasteiger partial charge is 0.338 e. The molecule has 3 aromatic rings. The molecule has 1 amide bonds. The van der Waals surface area contributed by atoms with Gasteiger partial charge in [0.2, 0.25) is 5.91 Å². The number of rotatable bonds is 6. The van der Waals surface area contributed by atoms with Gasteiger partial charge in [0, 0.05) is 24.5 Å². The van der Waals surface area contributed by atoms with E-state index >= 15 is 0 Å². The van der Waals surface area contributed by atoms with Gasteiger partial charge in [-0.1, -0.05) is 28.9 Å². The Morgan fingerprint density at radius 1 is 1.26 bits per heavy atom. The van der Waals surface area contributed by atoms with Crippen LogP contribution in [-0.2, 0) is 17.8 Å². The second kappa shape index (κ2) is 7.48. The number of benzene rings is 1. The number of aryl methyl sites for hydroxylation is 2. The van der Waals surface area contributed by atoms with Gasteiger partial charge in [-0.15, -0.1) is 5.10 Å². The van der Waals surface area contributed by atoms with E-state index in [4.69, 9.17) is 11.6 Å². The monoisotopic (exact) mass is 385 g/mol. The molecule has 0 N–H and O–H groups in total. The van der Waals surface area contributed by atoms with Crippen molar-refractivity contribution in [3.05, 3.63) is 58.6 Å². The second-order valence-corrected chi connectivity index (χ2v) is 7.19. The minimum Gasteiger partial charge on any atom is -0.338 e. The second-order valence-electron chi connectivity index (χ2n) is 6.79. The molecule has 8 nitrogen and oxygen atoms in total. The minimum atomic E-state index is 0.167. The third-order valence-electron chi connectivity index (χ3n) is 4.77. The maximum Gasteiger partial charge on any atom is 0.223 e. The van der Waals surface area contributed by atoms with E-state index in [1.165, 1.54) is 0 Å². The molecule has 0 aliphatic carbocycles. The SMILES string of the molecule is Cc1cc(CCC(=O)N2CC(n3cc(Cn4nccn4)nn3)C2)ccc1Cl. The number of hydrogen-bond donors (Lipinski definition) is 0. The molecule has 0 atom stereocenters. The van der Waals surface area contributed by atoms with Crippen LogP contribution in [0.15, 0.2) is 36.8 Å². The molecule has 140 valence electrons. The van der Waals surface area contributed by atoms with Gasteiger partial charge in [-0.25, -0.2) is 4.68 Å². The van der Waals surface area contributed by atoms with E-state index in [0.717, 1.165) is 28.3 Å². The molecule has 9 heteroatoms. The van der Waals surface area contributed by atoms with Gasteiger partial charge >= 0.3 is 0 Å². The summed E-state index contributed by atoms with van der Waals surface area (Å²) in [5.74, 6) is 0.167. The lowest BCUT2D eigenvalue weighted by Crippen LogP contribution is -2.51. The Bertz CT molecular complexity index is 931. The van der Waals surface area contributed by atoms with Crippen LogP contribution < -0.4 is 0 Å². The zero-order chi connectivity index (χ0) is 18.8. The topological polar surface area (TPSA) is 81.7 Å². The van der Waals surface area contributed by atoms with Gasteiger partial charge in [-0.3, -0.25) is 4.79 Å². The standard InChI is InChI=1S/C18H20ClN7O/c1-13-8-14(2-4-17(13)19)3-5-18(27)24-11-16(12-24)25-9-15(22-23-25)10-26-20-6-7-21-26/h2,4,6-9,16H,3,5,10-12H2,1H3. The molecule has 1 fully saturated rings. The van der Waals surface area contributed by atoms with Crippen molar-refractivity contribution in [3.63, 3.8) is 0 Å². The molecule has 0 saturated carbocycles. The number of carbonyl (C=O) groups excluding carboxylic acids is 1. The molecule has 1 saturated heterocycles.